The molecular formula is C17H25NO2S. The first-order chi connectivity index (χ1) is 10.1. The zero-order valence-electron chi connectivity index (χ0n) is 12.8. The van der Waals surface area contributed by atoms with Gasteiger partial charge in [0, 0.05) is 11.3 Å². The summed E-state index contributed by atoms with van der Waals surface area (Å²) >= 11 is 1.86. The van der Waals surface area contributed by atoms with Gasteiger partial charge in [-0.25, -0.2) is 0 Å². The van der Waals surface area contributed by atoms with Gasteiger partial charge in [-0.05, 0) is 50.9 Å². The minimum Gasteiger partial charge on any atom is -0.481 e. The highest BCUT2D eigenvalue weighted by molar-refractivity contribution is 7.98. The maximum absolute atomic E-state index is 11.5. The largest absolute Gasteiger partial charge is 0.481 e. The van der Waals surface area contributed by atoms with Crippen molar-refractivity contribution in [2.24, 2.45) is 17.8 Å². The van der Waals surface area contributed by atoms with Crippen LogP contribution in [0, 0.1) is 17.8 Å². The van der Waals surface area contributed by atoms with Gasteiger partial charge in [-0.1, -0.05) is 42.2 Å². The second kappa shape index (κ2) is 6.17. The molecule has 0 radical (unpaired) electrons. The molecule has 0 amide bonds. The molecule has 4 unspecified atom stereocenters. The molecule has 2 N–H and O–H groups in total. The molecule has 1 saturated carbocycles. The summed E-state index contributed by atoms with van der Waals surface area (Å²) in [6.07, 6.45) is 9.68. The van der Waals surface area contributed by atoms with E-state index in [-0.39, 0.29) is 5.92 Å². The molecule has 4 heteroatoms. The summed E-state index contributed by atoms with van der Waals surface area (Å²) in [6.45, 7) is 4.41. The number of nitrogens with one attached hydrogen (secondary N) is 1. The van der Waals surface area contributed by atoms with E-state index >= 15 is 0 Å². The summed E-state index contributed by atoms with van der Waals surface area (Å²) in [5.41, 5.74) is 2.71. The van der Waals surface area contributed by atoms with Crippen molar-refractivity contribution in [1.29, 1.82) is 0 Å². The highest BCUT2D eigenvalue weighted by Gasteiger charge is 2.48. The van der Waals surface area contributed by atoms with E-state index in [4.69, 9.17) is 0 Å². The lowest BCUT2D eigenvalue weighted by molar-refractivity contribution is -0.140. The van der Waals surface area contributed by atoms with Crippen LogP contribution in [0.15, 0.2) is 23.3 Å². The van der Waals surface area contributed by atoms with Crippen molar-refractivity contribution in [3.8, 4) is 0 Å². The average Bonchev–Trinajstić information content (AvgIpc) is 2.80. The number of aliphatic carboxylic acids is 1. The van der Waals surface area contributed by atoms with E-state index in [9.17, 15) is 9.90 Å². The molecule has 3 nitrogen and oxygen atoms in total. The molecule has 0 aromatic heterocycles. The molecule has 0 aliphatic heterocycles. The van der Waals surface area contributed by atoms with Gasteiger partial charge in [-0.2, -0.15) is 0 Å². The van der Waals surface area contributed by atoms with Crippen molar-refractivity contribution < 1.29 is 9.90 Å². The van der Waals surface area contributed by atoms with E-state index in [1.165, 1.54) is 11.1 Å². The topological polar surface area (TPSA) is 49.3 Å². The average molecular weight is 307 g/mol. The van der Waals surface area contributed by atoms with Crippen molar-refractivity contribution in [3.05, 3.63) is 23.3 Å². The molecule has 116 valence electrons. The minimum absolute atomic E-state index is 0.208. The predicted molar refractivity (Wildman–Crippen MR) is 87.0 cm³/mol. The molecule has 0 bridgehead atoms. The van der Waals surface area contributed by atoms with Crippen LogP contribution in [-0.4, -0.2) is 22.4 Å². The van der Waals surface area contributed by atoms with Crippen molar-refractivity contribution in [3.63, 3.8) is 0 Å². The lowest BCUT2D eigenvalue weighted by atomic mass is 9.67. The lowest BCUT2D eigenvalue weighted by Crippen LogP contribution is -2.42. The molecule has 0 aromatic rings. The van der Waals surface area contributed by atoms with Crippen LogP contribution in [-0.2, 0) is 4.79 Å². The molecule has 0 aromatic carbocycles. The van der Waals surface area contributed by atoms with Gasteiger partial charge in [0.05, 0.1) is 5.92 Å². The summed E-state index contributed by atoms with van der Waals surface area (Å²) in [6, 6.07) is 0.539. The summed E-state index contributed by atoms with van der Waals surface area (Å²) in [4.78, 5) is 11.5. The van der Waals surface area contributed by atoms with Gasteiger partial charge in [-0.15, -0.1) is 0 Å². The van der Waals surface area contributed by atoms with Crippen LogP contribution in [0.5, 0.6) is 0 Å². The lowest BCUT2D eigenvalue weighted by Gasteiger charge is -2.44. The normalized spacial score (nSPS) is 35.7. The zero-order valence-corrected chi connectivity index (χ0v) is 13.7. The third-order valence-corrected chi connectivity index (χ3v) is 6.70. The molecule has 5 atom stereocenters. The Kier molecular flexibility index (Phi) is 4.46. The molecule has 3 aliphatic rings. The first-order valence-corrected chi connectivity index (χ1v) is 9.02. The van der Waals surface area contributed by atoms with Crippen molar-refractivity contribution >= 4 is 17.9 Å². The highest BCUT2D eigenvalue weighted by atomic mass is 32.2. The molecule has 0 spiro atoms. The van der Waals surface area contributed by atoms with E-state index in [2.05, 4.69) is 30.7 Å². The third kappa shape index (κ3) is 2.80. The maximum Gasteiger partial charge on any atom is 0.310 e. The number of carbonyl (C=O) groups is 1. The standard InChI is InChI=1S/C17H25NO2S/c1-3-10(2)18-21-15-9-14-12(15)6-4-5-11-7-8-13(16(11)14)17(19)20/h4,6,10,12-15,18H,3,5,7-9H2,1-2H3,(H,19,20)/t10?,12?,13?,14-,15?/m1/s1. The molecule has 0 heterocycles. The van der Waals surface area contributed by atoms with Crippen molar-refractivity contribution in [2.45, 2.75) is 57.2 Å². The molecule has 1 fully saturated rings. The predicted octanol–water partition coefficient (Wildman–Crippen LogP) is 3.78. The maximum atomic E-state index is 11.5. The number of rotatable bonds is 5. The number of hydrogen-bond acceptors (Lipinski definition) is 3. The Morgan fingerprint density at radius 1 is 1.57 bits per heavy atom. The SMILES string of the molecule is CCC(C)NSC1C[C@H]2C3=C(CC=CC12)CCC3C(=O)O. The van der Waals surface area contributed by atoms with E-state index in [0.717, 1.165) is 32.1 Å². The Hall–Kier alpha value is -0.740. The monoisotopic (exact) mass is 307 g/mol. The second-order valence-corrected chi connectivity index (χ2v) is 7.70. The number of carboxylic acids is 1. The fraction of sp³-hybridized carbons (Fsp3) is 0.706. The quantitative estimate of drug-likeness (QED) is 0.599. The second-order valence-electron chi connectivity index (χ2n) is 6.62. The van der Waals surface area contributed by atoms with Crippen LogP contribution >= 0.6 is 11.9 Å². The minimum atomic E-state index is -0.616. The van der Waals surface area contributed by atoms with E-state index in [1.807, 2.05) is 11.9 Å². The van der Waals surface area contributed by atoms with Gasteiger partial charge in [0.2, 0.25) is 0 Å². The Bertz CT molecular complexity index is 485. The van der Waals surface area contributed by atoms with E-state index < -0.39 is 5.97 Å². The van der Waals surface area contributed by atoms with Crippen molar-refractivity contribution in [1.82, 2.24) is 4.72 Å². The molecule has 3 aliphatic carbocycles. The summed E-state index contributed by atoms with van der Waals surface area (Å²) in [5.74, 6) is 0.188. The fourth-order valence-electron chi connectivity index (χ4n) is 3.86. The summed E-state index contributed by atoms with van der Waals surface area (Å²) in [7, 11) is 0. The van der Waals surface area contributed by atoms with E-state index in [1.54, 1.807) is 0 Å². The van der Waals surface area contributed by atoms with Crippen LogP contribution < -0.4 is 4.72 Å². The van der Waals surface area contributed by atoms with Gasteiger partial charge < -0.3 is 5.11 Å². The van der Waals surface area contributed by atoms with Gasteiger partial charge >= 0.3 is 5.97 Å². The van der Waals surface area contributed by atoms with Crippen LogP contribution in [0.1, 0.15) is 46.0 Å². The van der Waals surface area contributed by atoms with E-state index in [0.29, 0.717) is 23.1 Å². The van der Waals surface area contributed by atoms with Gasteiger partial charge in [0.15, 0.2) is 0 Å². The molecule has 21 heavy (non-hydrogen) atoms. The number of carboxylic acid groups (broad SMARTS) is 1. The first-order valence-electron chi connectivity index (χ1n) is 8.14. The Morgan fingerprint density at radius 2 is 2.38 bits per heavy atom. The Morgan fingerprint density at radius 3 is 3.10 bits per heavy atom. The number of allylic oxidation sites excluding steroid dienone is 3. The Balaban J connectivity index is 1.69. The zero-order chi connectivity index (χ0) is 15.0. The molecule has 3 rings (SSSR count). The number of fused-ring (bicyclic) bond motifs is 2. The number of hydrogen-bond donors (Lipinski definition) is 2. The van der Waals surface area contributed by atoms with Crippen LogP contribution in [0.25, 0.3) is 0 Å². The Labute approximate surface area is 131 Å². The smallest absolute Gasteiger partial charge is 0.310 e. The summed E-state index contributed by atoms with van der Waals surface area (Å²) < 4.78 is 3.53. The van der Waals surface area contributed by atoms with Gasteiger partial charge in [0.1, 0.15) is 0 Å². The third-order valence-electron chi connectivity index (χ3n) is 5.35. The fourth-order valence-corrected chi connectivity index (χ4v) is 5.18. The van der Waals surface area contributed by atoms with Crippen LogP contribution in [0.2, 0.25) is 0 Å². The molecular weight excluding hydrogens is 282 g/mol. The first kappa shape index (κ1) is 15.2. The van der Waals surface area contributed by atoms with Crippen LogP contribution in [0.4, 0.5) is 0 Å². The summed E-state index contributed by atoms with van der Waals surface area (Å²) in [5, 5.41) is 10.1. The molecule has 0 saturated heterocycles. The van der Waals surface area contributed by atoms with Crippen LogP contribution in [0.3, 0.4) is 0 Å². The van der Waals surface area contributed by atoms with Gasteiger partial charge in [0.25, 0.3) is 0 Å². The highest BCUT2D eigenvalue weighted by Crippen LogP contribution is 2.54. The van der Waals surface area contributed by atoms with Gasteiger partial charge in [-0.3, -0.25) is 9.52 Å². The van der Waals surface area contributed by atoms with Crippen molar-refractivity contribution in [2.75, 3.05) is 0 Å².